The first-order chi connectivity index (χ1) is 30.7. The number of carbonyl (C=O) groups is 2. The van der Waals surface area contributed by atoms with Crippen LogP contribution in [-0.4, -0.2) is 28.0 Å². The molecule has 0 aliphatic rings. The number of thioether (sulfide) groups is 2. The number of pyridine rings is 2. The highest BCUT2D eigenvalue weighted by molar-refractivity contribution is 7.98. The molecule has 0 aliphatic heterocycles. The maximum absolute atomic E-state index is 14.0. The lowest BCUT2D eigenvalue weighted by atomic mass is 9.94. The van der Waals surface area contributed by atoms with Gasteiger partial charge in [-0.05, 0) is 136 Å². The van der Waals surface area contributed by atoms with E-state index in [9.17, 15) is 9.59 Å². The van der Waals surface area contributed by atoms with Crippen molar-refractivity contribution in [3.8, 4) is 44.8 Å². The molecule has 0 fully saturated rings. The van der Waals surface area contributed by atoms with Gasteiger partial charge in [-0.3, -0.25) is 19.6 Å². The number of rotatable bonds is 14. The van der Waals surface area contributed by atoms with Crippen LogP contribution in [0.25, 0.3) is 44.8 Å². The third-order valence-corrected chi connectivity index (χ3v) is 12.7. The van der Waals surface area contributed by atoms with E-state index >= 15 is 0 Å². The van der Waals surface area contributed by atoms with Crippen LogP contribution in [0.3, 0.4) is 0 Å². The number of hydrogen-bond donors (Lipinski definition) is 2. The molecule has 8 heteroatoms. The summed E-state index contributed by atoms with van der Waals surface area (Å²) >= 11 is 3.36. The van der Waals surface area contributed by atoms with Crippen molar-refractivity contribution in [3.05, 3.63) is 204 Å². The van der Waals surface area contributed by atoms with E-state index in [1.54, 1.807) is 29.7 Å². The summed E-state index contributed by atoms with van der Waals surface area (Å²) in [4.78, 5) is 39.3. The van der Waals surface area contributed by atoms with Crippen molar-refractivity contribution < 1.29 is 9.59 Å². The molecule has 0 saturated heterocycles. The fourth-order valence-electron chi connectivity index (χ4n) is 7.45. The van der Waals surface area contributed by atoms with Crippen LogP contribution in [0.4, 0.5) is 11.4 Å². The van der Waals surface area contributed by atoms with Crippen LogP contribution in [0.2, 0.25) is 0 Å². The zero-order chi connectivity index (χ0) is 43.7. The van der Waals surface area contributed by atoms with Crippen LogP contribution in [0.15, 0.2) is 186 Å². The summed E-state index contributed by atoms with van der Waals surface area (Å²) in [6, 6.07) is 54.4. The minimum Gasteiger partial charge on any atom is -0.322 e. The Morgan fingerprint density at radius 2 is 1.16 bits per heavy atom. The normalized spacial score (nSPS) is 11.1. The average Bonchev–Trinajstić information content (AvgIpc) is 3.33. The van der Waals surface area contributed by atoms with Gasteiger partial charge in [0.15, 0.2) is 0 Å². The quantitative estimate of drug-likeness (QED) is 0.106. The van der Waals surface area contributed by atoms with Gasteiger partial charge in [0.2, 0.25) is 0 Å². The molecular weight excluding hydrogens is 813 g/mol. The Labute approximate surface area is 378 Å². The molecule has 2 N–H and O–H groups in total. The molecule has 312 valence electrons. The van der Waals surface area contributed by atoms with E-state index in [0.717, 1.165) is 66.5 Å². The van der Waals surface area contributed by atoms with Crippen LogP contribution < -0.4 is 10.6 Å². The number of benzene rings is 6. The van der Waals surface area contributed by atoms with Crippen molar-refractivity contribution in [1.29, 1.82) is 0 Å². The third-order valence-electron chi connectivity index (χ3n) is 10.9. The highest BCUT2D eigenvalue weighted by Crippen LogP contribution is 2.35. The Morgan fingerprint density at radius 1 is 0.556 bits per heavy atom. The summed E-state index contributed by atoms with van der Waals surface area (Å²) in [7, 11) is 0. The summed E-state index contributed by atoms with van der Waals surface area (Å²) < 4.78 is 0. The number of nitrogens with one attached hydrogen (secondary N) is 2. The van der Waals surface area contributed by atoms with Gasteiger partial charge in [0.05, 0.1) is 11.4 Å². The van der Waals surface area contributed by atoms with Crippen molar-refractivity contribution in [2.75, 3.05) is 16.9 Å². The molecule has 6 nitrogen and oxygen atoms in total. The van der Waals surface area contributed by atoms with Gasteiger partial charge in [-0.25, -0.2) is 0 Å². The topological polar surface area (TPSA) is 84.0 Å². The van der Waals surface area contributed by atoms with Gasteiger partial charge in [-0.15, -0.1) is 23.5 Å². The van der Waals surface area contributed by atoms with Gasteiger partial charge < -0.3 is 10.6 Å². The molecule has 8 rings (SSSR count). The number of nitrogens with zero attached hydrogens (tertiary/aromatic N) is 2. The summed E-state index contributed by atoms with van der Waals surface area (Å²) in [5.74, 6) is 0.702. The molecule has 0 saturated carbocycles. The molecule has 2 amide bonds. The largest absolute Gasteiger partial charge is 0.322 e. The molecule has 2 aromatic heterocycles. The summed E-state index contributed by atoms with van der Waals surface area (Å²) in [5.41, 5.74) is 13.5. The minimum atomic E-state index is -0.176. The van der Waals surface area contributed by atoms with Crippen LogP contribution in [0, 0.1) is 0 Å². The van der Waals surface area contributed by atoms with E-state index < -0.39 is 0 Å². The predicted molar refractivity (Wildman–Crippen MR) is 264 cm³/mol. The van der Waals surface area contributed by atoms with Crippen molar-refractivity contribution in [1.82, 2.24) is 9.97 Å². The standard InChI is InChI=1S/C55H48N4O2S2/c1-5-37-12-8-14-40(28-37)50-32-46(62-4)22-24-48(50)54(60)59-45-19-11-17-43(31-45)53-26-21-38(34-57-53)35-63-47-23-25-49(51(33-47)41-15-9-13-39(29-41)36(2)3)55(61)58-44-18-10-16-42(30-44)52-20-6-7-27-56-52/h6-34,36H,5,35H2,1-4H3,(H,58,61)(H,59,60). The first kappa shape index (κ1) is 42.9. The van der Waals surface area contributed by atoms with E-state index in [4.69, 9.17) is 4.98 Å². The van der Waals surface area contributed by atoms with Gasteiger partial charge in [-0.2, -0.15) is 0 Å². The lowest BCUT2D eigenvalue weighted by Crippen LogP contribution is -2.13. The SMILES string of the molecule is CCc1cccc(-c2cc(SC)ccc2C(=O)Nc2cccc(-c3ccc(CSc4ccc(C(=O)Nc5cccc(-c6ccccn6)c5)c(-c5cccc(C(C)C)c5)c4)cn3)c2)c1. The zero-order valence-corrected chi connectivity index (χ0v) is 37.4. The molecule has 0 unspecified atom stereocenters. The Kier molecular flexibility index (Phi) is 13.6. The van der Waals surface area contributed by atoms with Gasteiger partial charge in [0.25, 0.3) is 11.8 Å². The van der Waals surface area contributed by atoms with E-state index in [2.05, 4.69) is 103 Å². The number of carbonyl (C=O) groups excluding carboxylic acids is 2. The van der Waals surface area contributed by atoms with Crippen LogP contribution in [-0.2, 0) is 12.2 Å². The number of aromatic nitrogens is 2. The Morgan fingerprint density at radius 3 is 1.76 bits per heavy atom. The van der Waals surface area contributed by atoms with E-state index in [1.165, 1.54) is 11.1 Å². The number of amides is 2. The first-order valence-electron chi connectivity index (χ1n) is 21.1. The molecule has 0 radical (unpaired) electrons. The van der Waals surface area contributed by atoms with Crippen molar-refractivity contribution in [2.24, 2.45) is 0 Å². The highest BCUT2D eigenvalue weighted by atomic mass is 32.2. The second-order valence-electron chi connectivity index (χ2n) is 15.6. The molecule has 8 aromatic rings. The molecule has 0 bridgehead atoms. The molecule has 63 heavy (non-hydrogen) atoms. The number of anilines is 2. The number of hydrogen-bond acceptors (Lipinski definition) is 6. The minimum absolute atomic E-state index is 0.159. The van der Waals surface area contributed by atoms with Gasteiger partial charge in [-0.1, -0.05) is 106 Å². The fraction of sp³-hybridized carbons (Fsp3) is 0.127. The van der Waals surface area contributed by atoms with Crippen LogP contribution in [0.5, 0.6) is 0 Å². The maximum atomic E-state index is 14.0. The number of aryl methyl sites for hydroxylation is 1. The zero-order valence-electron chi connectivity index (χ0n) is 35.8. The molecule has 0 aliphatic carbocycles. The Bertz CT molecular complexity index is 2900. The fourth-order valence-corrected chi connectivity index (χ4v) is 8.76. The van der Waals surface area contributed by atoms with Crippen molar-refractivity contribution in [2.45, 2.75) is 48.7 Å². The van der Waals surface area contributed by atoms with Crippen LogP contribution >= 0.6 is 23.5 Å². The van der Waals surface area contributed by atoms with Crippen LogP contribution in [0.1, 0.15) is 64.1 Å². The monoisotopic (exact) mass is 860 g/mol. The molecule has 2 heterocycles. The third kappa shape index (κ3) is 10.5. The summed E-state index contributed by atoms with van der Waals surface area (Å²) in [6.07, 6.45) is 6.65. The molecular formula is C55H48N4O2S2. The van der Waals surface area contributed by atoms with Gasteiger partial charge in [0.1, 0.15) is 0 Å². The predicted octanol–water partition coefficient (Wildman–Crippen LogP) is 14.3. The second kappa shape index (κ2) is 20.0. The summed E-state index contributed by atoms with van der Waals surface area (Å²) in [6.45, 7) is 6.49. The Hall–Kier alpha value is -6.74. The van der Waals surface area contributed by atoms with Crippen molar-refractivity contribution in [3.63, 3.8) is 0 Å². The van der Waals surface area contributed by atoms with Gasteiger partial charge in [0, 0.05) is 61.6 Å². The van der Waals surface area contributed by atoms with E-state index in [0.29, 0.717) is 34.2 Å². The van der Waals surface area contributed by atoms with Gasteiger partial charge >= 0.3 is 0 Å². The molecule has 6 aromatic carbocycles. The maximum Gasteiger partial charge on any atom is 0.256 e. The lowest BCUT2D eigenvalue weighted by Gasteiger charge is -2.15. The summed E-state index contributed by atoms with van der Waals surface area (Å²) in [5, 5.41) is 6.29. The van der Waals surface area contributed by atoms with E-state index in [-0.39, 0.29) is 11.8 Å². The smallest absolute Gasteiger partial charge is 0.256 e. The van der Waals surface area contributed by atoms with E-state index in [1.807, 2.05) is 110 Å². The molecule has 0 spiro atoms. The first-order valence-corrected chi connectivity index (χ1v) is 23.3. The lowest BCUT2D eigenvalue weighted by molar-refractivity contribution is 0.101. The highest BCUT2D eigenvalue weighted by Gasteiger charge is 2.18. The molecule has 0 atom stereocenters. The Balaban J connectivity index is 0.977. The second-order valence-corrected chi connectivity index (χ2v) is 17.5. The van der Waals surface area contributed by atoms with Crippen molar-refractivity contribution >= 4 is 46.7 Å². The average molecular weight is 861 g/mol.